The van der Waals surface area contributed by atoms with Crippen LogP contribution in [0.1, 0.15) is 30.5 Å². The number of hydrogen-bond acceptors (Lipinski definition) is 3. The van der Waals surface area contributed by atoms with Crippen molar-refractivity contribution in [2.24, 2.45) is 5.73 Å². The van der Waals surface area contributed by atoms with Gasteiger partial charge in [0.25, 0.3) is 0 Å². The fourth-order valence-electron chi connectivity index (χ4n) is 2.04. The van der Waals surface area contributed by atoms with Crippen LogP contribution in [0, 0.1) is 11.6 Å². The standard InChI is InChI=1S/C16H18F2N2O/c1-2-3-21-15-7-12(9-20-10-15)16(19)6-11-4-13(17)8-14(18)5-11/h4-5,7-10,16H,2-3,6,19H2,1H3. The van der Waals surface area contributed by atoms with Gasteiger partial charge in [-0.05, 0) is 42.2 Å². The lowest BCUT2D eigenvalue weighted by atomic mass is 10.0. The lowest BCUT2D eigenvalue weighted by Crippen LogP contribution is -2.14. The van der Waals surface area contributed by atoms with Crippen LogP contribution in [0.15, 0.2) is 36.7 Å². The van der Waals surface area contributed by atoms with Crippen LogP contribution in [0.4, 0.5) is 8.78 Å². The lowest BCUT2D eigenvalue weighted by Gasteiger charge is -2.13. The smallest absolute Gasteiger partial charge is 0.137 e. The van der Waals surface area contributed by atoms with E-state index in [0.717, 1.165) is 18.1 Å². The first-order valence-electron chi connectivity index (χ1n) is 6.86. The van der Waals surface area contributed by atoms with Gasteiger partial charge in [0.15, 0.2) is 0 Å². The van der Waals surface area contributed by atoms with E-state index in [2.05, 4.69) is 4.98 Å². The number of aromatic nitrogens is 1. The average Bonchev–Trinajstić information content (AvgIpc) is 2.44. The molecule has 0 aliphatic carbocycles. The molecule has 5 heteroatoms. The normalized spacial score (nSPS) is 12.2. The van der Waals surface area contributed by atoms with E-state index < -0.39 is 17.7 Å². The maximum absolute atomic E-state index is 13.2. The maximum Gasteiger partial charge on any atom is 0.137 e. The Balaban J connectivity index is 2.10. The Labute approximate surface area is 122 Å². The van der Waals surface area contributed by atoms with E-state index in [9.17, 15) is 8.78 Å². The summed E-state index contributed by atoms with van der Waals surface area (Å²) in [6.07, 6.45) is 4.49. The first-order valence-corrected chi connectivity index (χ1v) is 6.86. The highest BCUT2D eigenvalue weighted by atomic mass is 19.1. The van der Waals surface area contributed by atoms with Crippen LogP contribution in [0.5, 0.6) is 5.75 Å². The van der Waals surface area contributed by atoms with Gasteiger partial charge >= 0.3 is 0 Å². The number of halogens is 2. The van der Waals surface area contributed by atoms with Gasteiger partial charge in [0.2, 0.25) is 0 Å². The van der Waals surface area contributed by atoms with E-state index in [1.165, 1.54) is 12.1 Å². The zero-order chi connectivity index (χ0) is 15.2. The molecule has 0 radical (unpaired) electrons. The molecule has 0 fully saturated rings. The van der Waals surface area contributed by atoms with Crippen molar-refractivity contribution in [3.05, 3.63) is 59.4 Å². The third-order valence-electron chi connectivity index (χ3n) is 3.01. The van der Waals surface area contributed by atoms with Crippen molar-refractivity contribution in [1.29, 1.82) is 0 Å². The van der Waals surface area contributed by atoms with Gasteiger partial charge in [-0.25, -0.2) is 8.78 Å². The zero-order valence-corrected chi connectivity index (χ0v) is 11.9. The van der Waals surface area contributed by atoms with E-state index in [1.807, 2.05) is 13.0 Å². The maximum atomic E-state index is 13.2. The van der Waals surface area contributed by atoms with E-state index in [-0.39, 0.29) is 0 Å². The molecule has 2 aromatic rings. The minimum Gasteiger partial charge on any atom is -0.492 e. The molecule has 1 aromatic heterocycles. The van der Waals surface area contributed by atoms with Gasteiger partial charge in [-0.3, -0.25) is 4.98 Å². The number of nitrogens with two attached hydrogens (primary N) is 1. The van der Waals surface area contributed by atoms with Gasteiger partial charge in [-0.2, -0.15) is 0 Å². The molecule has 0 saturated carbocycles. The van der Waals surface area contributed by atoms with Gasteiger partial charge in [0.1, 0.15) is 17.4 Å². The summed E-state index contributed by atoms with van der Waals surface area (Å²) in [6.45, 7) is 2.62. The Morgan fingerprint density at radius 1 is 1.14 bits per heavy atom. The van der Waals surface area contributed by atoms with Crippen molar-refractivity contribution in [3.8, 4) is 5.75 Å². The Morgan fingerprint density at radius 2 is 1.86 bits per heavy atom. The molecule has 3 nitrogen and oxygen atoms in total. The lowest BCUT2D eigenvalue weighted by molar-refractivity contribution is 0.315. The van der Waals surface area contributed by atoms with Crippen molar-refractivity contribution in [2.45, 2.75) is 25.8 Å². The van der Waals surface area contributed by atoms with E-state index in [4.69, 9.17) is 10.5 Å². The molecule has 1 atom stereocenters. The summed E-state index contributed by atoms with van der Waals surface area (Å²) < 4.78 is 31.8. The van der Waals surface area contributed by atoms with Gasteiger partial charge in [-0.15, -0.1) is 0 Å². The molecule has 1 unspecified atom stereocenters. The molecule has 112 valence electrons. The third kappa shape index (κ3) is 4.49. The minimum absolute atomic E-state index is 0.327. The highest BCUT2D eigenvalue weighted by molar-refractivity contribution is 5.28. The van der Waals surface area contributed by atoms with Crippen LogP contribution in [-0.2, 0) is 6.42 Å². The molecular weight excluding hydrogens is 274 g/mol. The monoisotopic (exact) mass is 292 g/mol. The molecule has 0 spiro atoms. The SMILES string of the molecule is CCCOc1cncc(C(N)Cc2cc(F)cc(F)c2)c1. The quantitative estimate of drug-likeness (QED) is 0.887. The van der Waals surface area contributed by atoms with E-state index in [1.54, 1.807) is 12.4 Å². The van der Waals surface area contributed by atoms with Crippen molar-refractivity contribution in [3.63, 3.8) is 0 Å². The number of hydrogen-bond donors (Lipinski definition) is 1. The molecule has 2 rings (SSSR count). The first kappa shape index (κ1) is 15.4. The third-order valence-corrected chi connectivity index (χ3v) is 3.01. The summed E-state index contributed by atoms with van der Waals surface area (Å²) in [4.78, 5) is 4.08. The fraction of sp³-hybridized carbons (Fsp3) is 0.312. The van der Waals surface area contributed by atoms with Crippen molar-refractivity contribution < 1.29 is 13.5 Å². The van der Waals surface area contributed by atoms with Gasteiger partial charge in [0, 0.05) is 18.3 Å². The predicted molar refractivity (Wildman–Crippen MR) is 77.0 cm³/mol. The number of nitrogens with zero attached hydrogens (tertiary/aromatic N) is 1. The predicted octanol–water partition coefficient (Wildman–Crippen LogP) is 3.39. The zero-order valence-electron chi connectivity index (χ0n) is 11.9. The summed E-state index contributed by atoms with van der Waals surface area (Å²) in [5, 5.41) is 0. The van der Waals surface area contributed by atoms with E-state index in [0.29, 0.717) is 24.3 Å². The van der Waals surface area contributed by atoms with Crippen LogP contribution in [0.3, 0.4) is 0 Å². The summed E-state index contributed by atoms with van der Waals surface area (Å²) in [5.74, 6) is -0.555. The highest BCUT2D eigenvalue weighted by Crippen LogP contribution is 2.20. The fourth-order valence-corrected chi connectivity index (χ4v) is 2.04. The molecule has 0 aliphatic heterocycles. The van der Waals surface area contributed by atoms with Crippen LogP contribution in [-0.4, -0.2) is 11.6 Å². The molecule has 0 saturated heterocycles. The molecular formula is C16H18F2N2O. The van der Waals surface area contributed by atoms with Crippen molar-refractivity contribution in [2.75, 3.05) is 6.61 Å². The second-order valence-electron chi connectivity index (χ2n) is 4.89. The topological polar surface area (TPSA) is 48.1 Å². The van der Waals surface area contributed by atoms with E-state index >= 15 is 0 Å². The van der Waals surface area contributed by atoms with Gasteiger partial charge < -0.3 is 10.5 Å². The van der Waals surface area contributed by atoms with Crippen LogP contribution in [0.25, 0.3) is 0 Å². The average molecular weight is 292 g/mol. The van der Waals surface area contributed by atoms with Gasteiger partial charge in [0.05, 0.1) is 12.8 Å². The second-order valence-corrected chi connectivity index (χ2v) is 4.89. The molecule has 1 heterocycles. The van der Waals surface area contributed by atoms with Gasteiger partial charge in [-0.1, -0.05) is 6.92 Å². The van der Waals surface area contributed by atoms with Crippen LogP contribution < -0.4 is 10.5 Å². The molecule has 0 aliphatic rings. The number of pyridine rings is 1. The summed E-state index contributed by atoms with van der Waals surface area (Å²) in [6, 6.07) is 4.82. The number of benzene rings is 1. The van der Waals surface area contributed by atoms with Crippen molar-refractivity contribution in [1.82, 2.24) is 4.98 Å². The Hall–Kier alpha value is -2.01. The van der Waals surface area contributed by atoms with Crippen LogP contribution >= 0.6 is 0 Å². The Bertz CT molecular complexity index is 584. The number of rotatable bonds is 6. The molecule has 2 N–H and O–H groups in total. The molecule has 1 aromatic carbocycles. The largest absolute Gasteiger partial charge is 0.492 e. The summed E-state index contributed by atoms with van der Waals surface area (Å²) >= 11 is 0. The Morgan fingerprint density at radius 3 is 2.52 bits per heavy atom. The second kappa shape index (κ2) is 7.13. The summed E-state index contributed by atoms with van der Waals surface area (Å²) in [5.41, 5.74) is 7.37. The first-order chi connectivity index (χ1) is 10.1. The van der Waals surface area contributed by atoms with Crippen LogP contribution in [0.2, 0.25) is 0 Å². The number of ether oxygens (including phenoxy) is 1. The molecule has 0 bridgehead atoms. The van der Waals surface area contributed by atoms with Crippen molar-refractivity contribution >= 4 is 0 Å². The molecule has 0 amide bonds. The highest BCUT2D eigenvalue weighted by Gasteiger charge is 2.10. The molecule has 21 heavy (non-hydrogen) atoms. The summed E-state index contributed by atoms with van der Waals surface area (Å²) in [7, 11) is 0. The Kier molecular flexibility index (Phi) is 5.22. The minimum atomic E-state index is -0.602.